The summed E-state index contributed by atoms with van der Waals surface area (Å²) in [4.78, 5) is 29.4. The lowest BCUT2D eigenvalue weighted by Gasteiger charge is -2.36. The SMILES string of the molecule is CCOc1ccc(-c2nc(COC(=O)C3CC4CCCC(C3)C4=O)cs2)cc1OC. The zero-order valence-electron chi connectivity index (χ0n) is 17.4. The Hall–Kier alpha value is -2.41. The molecule has 7 heteroatoms. The van der Waals surface area contributed by atoms with Gasteiger partial charge in [-0.15, -0.1) is 11.3 Å². The third kappa shape index (κ3) is 4.36. The summed E-state index contributed by atoms with van der Waals surface area (Å²) in [5.41, 5.74) is 1.65. The van der Waals surface area contributed by atoms with Gasteiger partial charge in [-0.2, -0.15) is 0 Å². The average molecular weight is 430 g/mol. The lowest BCUT2D eigenvalue weighted by molar-refractivity contribution is -0.154. The average Bonchev–Trinajstić information content (AvgIpc) is 3.21. The van der Waals surface area contributed by atoms with Crippen molar-refractivity contribution >= 4 is 23.1 Å². The molecular formula is C23H27NO5S. The van der Waals surface area contributed by atoms with Gasteiger partial charge in [0.25, 0.3) is 0 Å². The van der Waals surface area contributed by atoms with Crippen molar-refractivity contribution in [1.29, 1.82) is 0 Å². The number of ketones is 1. The van der Waals surface area contributed by atoms with Gasteiger partial charge in [0.05, 0.1) is 25.3 Å². The molecule has 0 spiro atoms. The number of carbonyl (C=O) groups excluding carboxylic acids is 2. The van der Waals surface area contributed by atoms with Crippen molar-refractivity contribution in [3.63, 3.8) is 0 Å². The van der Waals surface area contributed by atoms with E-state index < -0.39 is 0 Å². The molecule has 2 aliphatic rings. The molecule has 30 heavy (non-hydrogen) atoms. The Labute approximate surface area is 180 Å². The number of nitrogens with zero attached hydrogens (tertiary/aromatic N) is 1. The maximum atomic E-state index is 12.6. The molecule has 2 saturated carbocycles. The minimum absolute atomic E-state index is 0.0514. The van der Waals surface area contributed by atoms with Crippen molar-refractivity contribution in [3.8, 4) is 22.1 Å². The fraction of sp³-hybridized carbons (Fsp3) is 0.522. The molecule has 2 aliphatic carbocycles. The Morgan fingerprint density at radius 1 is 1.20 bits per heavy atom. The van der Waals surface area contributed by atoms with Crippen LogP contribution in [0.25, 0.3) is 10.6 Å². The van der Waals surface area contributed by atoms with Gasteiger partial charge in [0.1, 0.15) is 17.4 Å². The van der Waals surface area contributed by atoms with E-state index in [4.69, 9.17) is 14.2 Å². The zero-order chi connectivity index (χ0) is 21.1. The molecule has 0 aliphatic heterocycles. The summed E-state index contributed by atoms with van der Waals surface area (Å²) in [6, 6.07) is 5.72. The molecule has 1 aromatic carbocycles. The lowest BCUT2D eigenvalue weighted by Crippen LogP contribution is -2.39. The third-order valence-electron chi connectivity index (χ3n) is 6.01. The van der Waals surface area contributed by atoms with Crippen molar-refractivity contribution in [2.75, 3.05) is 13.7 Å². The Morgan fingerprint density at radius 3 is 2.67 bits per heavy atom. The molecular weight excluding hydrogens is 402 g/mol. The summed E-state index contributed by atoms with van der Waals surface area (Å²) in [7, 11) is 1.61. The van der Waals surface area contributed by atoms with Crippen molar-refractivity contribution in [3.05, 3.63) is 29.3 Å². The number of carbonyl (C=O) groups is 2. The molecule has 0 N–H and O–H groups in total. The topological polar surface area (TPSA) is 74.7 Å². The number of fused-ring (bicyclic) bond motifs is 2. The number of hydrogen-bond acceptors (Lipinski definition) is 7. The van der Waals surface area contributed by atoms with Crippen LogP contribution >= 0.6 is 11.3 Å². The Balaban J connectivity index is 1.37. The zero-order valence-corrected chi connectivity index (χ0v) is 18.2. The first-order valence-corrected chi connectivity index (χ1v) is 11.4. The number of ether oxygens (including phenoxy) is 3. The number of thiazole rings is 1. The molecule has 2 fully saturated rings. The Morgan fingerprint density at radius 2 is 1.97 bits per heavy atom. The van der Waals surface area contributed by atoms with Gasteiger partial charge in [0.15, 0.2) is 11.5 Å². The standard InChI is InChI=1S/C23H27NO5S/c1-3-28-19-8-7-16(11-20(19)27-2)22-24-18(13-30-22)12-29-23(26)17-9-14-5-4-6-15(10-17)21(14)25/h7-8,11,13-15,17H,3-6,9-10,12H2,1-2H3. The minimum atomic E-state index is -0.198. The van der Waals surface area contributed by atoms with Gasteiger partial charge in [-0.3, -0.25) is 9.59 Å². The van der Waals surface area contributed by atoms with Crippen LogP contribution in [0.3, 0.4) is 0 Å². The maximum Gasteiger partial charge on any atom is 0.309 e. The van der Waals surface area contributed by atoms with E-state index in [1.54, 1.807) is 7.11 Å². The fourth-order valence-electron chi connectivity index (χ4n) is 4.52. The summed E-state index contributed by atoms with van der Waals surface area (Å²) in [6.45, 7) is 2.65. The van der Waals surface area contributed by atoms with Crippen LogP contribution in [0.2, 0.25) is 0 Å². The Bertz CT molecular complexity index is 908. The van der Waals surface area contributed by atoms with Crippen molar-refractivity contribution in [1.82, 2.24) is 4.98 Å². The predicted octanol–water partition coefficient (Wildman–Crippen LogP) is 4.66. The number of esters is 1. The second kappa shape index (κ2) is 9.16. The summed E-state index contributed by atoms with van der Waals surface area (Å²) in [6.07, 6.45) is 4.21. The van der Waals surface area contributed by atoms with E-state index in [1.807, 2.05) is 30.5 Å². The van der Waals surface area contributed by atoms with Crippen LogP contribution in [0.15, 0.2) is 23.6 Å². The van der Waals surface area contributed by atoms with Gasteiger partial charge < -0.3 is 14.2 Å². The van der Waals surface area contributed by atoms with Crippen LogP contribution < -0.4 is 9.47 Å². The molecule has 2 bridgehead atoms. The lowest BCUT2D eigenvalue weighted by atomic mass is 9.67. The van der Waals surface area contributed by atoms with Gasteiger partial charge in [0.2, 0.25) is 0 Å². The van der Waals surface area contributed by atoms with Crippen molar-refractivity contribution < 1.29 is 23.8 Å². The largest absolute Gasteiger partial charge is 0.493 e. The molecule has 6 nitrogen and oxygen atoms in total. The molecule has 0 amide bonds. The van der Waals surface area contributed by atoms with Gasteiger partial charge in [-0.1, -0.05) is 6.42 Å². The molecule has 2 aromatic rings. The number of benzene rings is 1. The molecule has 2 unspecified atom stereocenters. The summed E-state index contributed by atoms with van der Waals surface area (Å²) in [5.74, 6) is 1.47. The van der Waals surface area contributed by atoms with Crippen LogP contribution in [0.1, 0.15) is 44.7 Å². The first-order chi connectivity index (χ1) is 14.6. The quantitative estimate of drug-likeness (QED) is 0.596. The number of methoxy groups -OCH3 is 1. The van der Waals surface area contributed by atoms with E-state index in [-0.39, 0.29) is 30.3 Å². The molecule has 160 valence electrons. The van der Waals surface area contributed by atoms with Gasteiger partial charge in [-0.25, -0.2) is 4.98 Å². The monoisotopic (exact) mass is 429 g/mol. The van der Waals surface area contributed by atoms with Gasteiger partial charge in [-0.05, 0) is 50.8 Å². The number of hydrogen-bond donors (Lipinski definition) is 0. The van der Waals surface area contributed by atoms with Crippen LogP contribution in [0, 0.1) is 17.8 Å². The number of Topliss-reactive ketones (excluding diaryl/α,β-unsaturated/α-hetero) is 1. The van der Waals surface area contributed by atoms with E-state index in [0.29, 0.717) is 36.7 Å². The van der Waals surface area contributed by atoms with E-state index in [9.17, 15) is 9.59 Å². The van der Waals surface area contributed by atoms with Crippen LogP contribution in [-0.2, 0) is 20.9 Å². The van der Waals surface area contributed by atoms with E-state index in [2.05, 4.69) is 4.98 Å². The highest BCUT2D eigenvalue weighted by Gasteiger charge is 2.41. The molecule has 2 atom stereocenters. The van der Waals surface area contributed by atoms with E-state index in [1.165, 1.54) is 11.3 Å². The third-order valence-corrected chi connectivity index (χ3v) is 6.95. The molecule has 0 radical (unpaired) electrons. The number of rotatable bonds is 7. The minimum Gasteiger partial charge on any atom is -0.493 e. The molecule has 1 heterocycles. The number of aromatic nitrogens is 1. The highest BCUT2D eigenvalue weighted by Crippen LogP contribution is 2.40. The summed E-state index contributed by atoms with van der Waals surface area (Å²) < 4.78 is 16.5. The van der Waals surface area contributed by atoms with Gasteiger partial charge >= 0.3 is 5.97 Å². The smallest absolute Gasteiger partial charge is 0.309 e. The maximum absolute atomic E-state index is 12.6. The molecule has 4 rings (SSSR count). The van der Waals surface area contributed by atoms with Crippen LogP contribution in [-0.4, -0.2) is 30.5 Å². The van der Waals surface area contributed by atoms with Crippen molar-refractivity contribution in [2.24, 2.45) is 17.8 Å². The second-order valence-electron chi connectivity index (χ2n) is 7.95. The second-order valence-corrected chi connectivity index (χ2v) is 8.80. The van der Waals surface area contributed by atoms with E-state index >= 15 is 0 Å². The fourth-order valence-corrected chi connectivity index (χ4v) is 5.32. The predicted molar refractivity (Wildman–Crippen MR) is 114 cm³/mol. The highest BCUT2D eigenvalue weighted by atomic mass is 32.1. The summed E-state index contributed by atoms with van der Waals surface area (Å²) in [5, 5.41) is 2.74. The molecule has 0 saturated heterocycles. The van der Waals surface area contributed by atoms with Gasteiger partial charge in [0, 0.05) is 22.8 Å². The summed E-state index contributed by atoms with van der Waals surface area (Å²) >= 11 is 1.50. The highest BCUT2D eigenvalue weighted by molar-refractivity contribution is 7.13. The van der Waals surface area contributed by atoms with Crippen molar-refractivity contribution in [2.45, 2.75) is 45.6 Å². The normalized spacial score (nSPS) is 23.1. The van der Waals surface area contributed by atoms with E-state index in [0.717, 1.165) is 35.5 Å². The Kier molecular flexibility index (Phi) is 6.37. The van der Waals surface area contributed by atoms with Crippen LogP contribution in [0.4, 0.5) is 0 Å². The molecule has 1 aromatic heterocycles. The first-order valence-electron chi connectivity index (χ1n) is 10.5. The first kappa shape index (κ1) is 20.8. The van der Waals surface area contributed by atoms with Crippen LogP contribution in [0.5, 0.6) is 11.5 Å².